The van der Waals surface area contributed by atoms with E-state index in [0.29, 0.717) is 17.1 Å². The first kappa shape index (κ1) is 11.6. The highest BCUT2D eigenvalue weighted by Crippen LogP contribution is 2.25. The Kier molecular flexibility index (Phi) is 2.99. The number of rotatable bonds is 1. The number of nitrogens with zero attached hydrogens (tertiary/aromatic N) is 5. The van der Waals surface area contributed by atoms with Crippen LogP contribution < -0.4 is 4.90 Å². The minimum atomic E-state index is 0.371. The van der Waals surface area contributed by atoms with Crippen molar-refractivity contribution in [3.8, 4) is 0 Å². The van der Waals surface area contributed by atoms with Crippen LogP contribution in [0.1, 0.15) is 13.3 Å². The molecule has 0 bridgehead atoms. The van der Waals surface area contributed by atoms with E-state index in [9.17, 15) is 0 Å². The van der Waals surface area contributed by atoms with Gasteiger partial charge in [0, 0.05) is 31.3 Å². The summed E-state index contributed by atoms with van der Waals surface area (Å²) in [7, 11) is 0. The molecule has 0 aromatic carbocycles. The van der Waals surface area contributed by atoms with E-state index in [1.807, 2.05) is 13.1 Å². The van der Waals surface area contributed by atoms with E-state index in [1.165, 1.54) is 6.33 Å². The lowest BCUT2D eigenvalue weighted by atomic mass is 9.92. The number of fused-ring (bicyclic) bond motifs is 1. The monoisotopic (exact) mass is 263 g/mol. The van der Waals surface area contributed by atoms with Crippen molar-refractivity contribution in [2.24, 2.45) is 15.9 Å². The van der Waals surface area contributed by atoms with Gasteiger partial charge in [-0.25, -0.2) is 15.0 Å². The predicted molar refractivity (Wildman–Crippen MR) is 72.8 cm³/mol. The minimum Gasteiger partial charge on any atom is -0.356 e. The van der Waals surface area contributed by atoms with Gasteiger partial charge < -0.3 is 4.90 Å². The topological polar surface area (TPSA) is 53.7 Å². The molecule has 1 aromatic heterocycles. The molecule has 0 aliphatic carbocycles. The number of aliphatic imine (C=N–C) groups is 2. The molecule has 3 heterocycles. The van der Waals surface area contributed by atoms with Crippen molar-refractivity contribution in [3.63, 3.8) is 0 Å². The molecular weight excluding hydrogens is 250 g/mol. The number of hydrogen-bond acceptors (Lipinski definition) is 5. The summed E-state index contributed by atoms with van der Waals surface area (Å²) < 4.78 is 0. The largest absolute Gasteiger partial charge is 0.356 e. The van der Waals surface area contributed by atoms with Crippen molar-refractivity contribution in [2.45, 2.75) is 19.4 Å². The first-order chi connectivity index (χ1) is 8.72. The zero-order chi connectivity index (χ0) is 12.5. The second-order valence-corrected chi connectivity index (χ2v) is 5.01. The van der Waals surface area contributed by atoms with Gasteiger partial charge in [-0.05, 0) is 13.3 Å². The third kappa shape index (κ3) is 2.22. The molecule has 2 aliphatic heterocycles. The van der Waals surface area contributed by atoms with Gasteiger partial charge in [-0.15, -0.1) is 0 Å². The third-order valence-corrected chi connectivity index (χ3v) is 3.58. The molecule has 6 heteroatoms. The SMILES string of the molecule is CC1=N[C@@H]2CCN(c3cc(Cl)ncn3)C[C@@H]2C=N1. The number of aromatic nitrogens is 2. The Labute approximate surface area is 111 Å². The van der Waals surface area contributed by atoms with Crippen LogP contribution in [-0.2, 0) is 0 Å². The lowest BCUT2D eigenvalue weighted by molar-refractivity contribution is 0.438. The Hall–Kier alpha value is -1.49. The van der Waals surface area contributed by atoms with Crippen LogP contribution in [0, 0.1) is 5.92 Å². The van der Waals surface area contributed by atoms with Gasteiger partial charge in [-0.3, -0.25) is 4.99 Å². The van der Waals surface area contributed by atoms with E-state index in [2.05, 4.69) is 24.9 Å². The fourth-order valence-electron chi connectivity index (χ4n) is 2.46. The number of amidine groups is 1. The molecule has 0 radical (unpaired) electrons. The lowest BCUT2D eigenvalue weighted by Gasteiger charge is -2.37. The molecule has 0 saturated carbocycles. The Morgan fingerprint density at radius 2 is 2.28 bits per heavy atom. The van der Waals surface area contributed by atoms with Crippen molar-refractivity contribution < 1.29 is 0 Å². The summed E-state index contributed by atoms with van der Waals surface area (Å²) in [6, 6.07) is 2.17. The van der Waals surface area contributed by atoms with Crippen molar-refractivity contribution in [1.82, 2.24) is 9.97 Å². The summed E-state index contributed by atoms with van der Waals surface area (Å²) >= 11 is 5.89. The van der Waals surface area contributed by atoms with Crippen LogP contribution in [0.4, 0.5) is 5.82 Å². The summed E-state index contributed by atoms with van der Waals surface area (Å²) in [5, 5.41) is 0.480. The molecule has 0 N–H and O–H groups in total. The number of hydrogen-bond donors (Lipinski definition) is 0. The normalized spacial score (nSPS) is 26.8. The number of halogens is 1. The fourth-order valence-corrected chi connectivity index (χ4v) is 2.60. The van der Waals surface area contributed by atoms with E-state index < -0.39 is 0 Å². The standard InChI is InChI=1S/C12H14ClN5/c1-8-14-5-9-6-18(3-2-10(9)17-8)12-4-11(13)15-7-16-12/h4-5,7,9-10H,2-3,6H2,1H3/t9-,10+/m0/s1. The second kappa shape index (κ2) is 4.65. The smallest absolute Gasteiger partial charge is 0.134 e. The Morgan fingerprint density at radius 1 is 1.39 bits per heavy atom. The van der Waals surface area contributed by atoms with Gasteiger partial charge in [-0.2, -0.15) is 0 Å². The number of piperidine rings is 1. The van der Waals surface area contributed by atoms with E-state index in [1.54, 1.807) is 6.07 Å². The maximum absolute atomic E-state index is 5.89. The van der Waals surface area contributed by atoms with Crippen molar-refractivity contribution in [1.29, 1.82) is 0 Å². The summed E-state index contributed by atoms with van der Waals surface area (Å²) in [6.07, 6.45) is 4.54. The molecule has 0 unspecified atom stereocenters. The molecule has 5 nitrogen and oxygen atoms in total. The number of anilines is 1. The molecule has 94 valence electrons. The van der Waals surface area contributed by atoms with E-state index in [-0.39, 0.29) is 0 Å². The molecule has 2 atom stereocenters. The van der Waals surface area contributed by atoms with Crippen LogP contribution in [0.15, 0.2) is 22.4 Å². The molecule has 0 spiro atoms. The summed E-state index contributed by atoms with van der Waals surface area (Å²) in [5.41, 5.74) is 0. The highest BCUT2D eigenvalue weighted by atomic mass is 35.5. The molecule has 1 saturated heterocycles. The highest BCUT2D eigenvalue weighted by molar-refractivity contribution is 6.29. The van der Waals surface area contributed by atoms with E-state index in [4.69, 9.17) is 11.6 Å². The van der Waals surface area contributed by atoms with Crippen LogP contribution in [0.2, 0.25) is 5.15 Å². The minimum absolute atomic E-state index is 0.371. The molecule has 2 aliphatic rings. The molecule has 1 fully saturated rings. The van der Waals surface area contributed by atoms with Gasteiger partial charge in [0.25, 0.3) is 0 Å². The van der Waals surface area contributed by atoms with Crippen LogP contribution in [0.25, 0.3) is 0 Å². The zero-order valence-electron chi connectivity index (χ0n) is 10.1. The lowest BCUT2D eigenvalue weighted by Crippen LogP contribution is -2.45. The van der Waals surface area contributed by atoms with Crippen molar-refractivity contribution in [2.75, 3.05) is 18.0 Å². The average Bonchev–Trinajstić information content (AvgIpc) is 2.38. The van der Waals surface area contributed by atoms with Gasteiger partial charge in [0.2, 0.25) is 0 Å². The van der Waals surface area contributed by atoms with Crippen LogP contribution >= 0.6 is 11.6 Å². The maximum atomic E-state index is 5.89. The quantitative estimate of drug-likeness (QED) is 0.727. The van der Waals surface area contributed by atoms with Gasteiger partial charge >= 0.3 is 0 Å². The molecule has 18 heavy (non-hydrogen) atoms. The first-order valence-electron chi connectivity index (χ1n) is 6.03. The van der Waals surface area contributed by atoms with Crippen LogP contribution in [0.5, 0.6) is 0 Å². The summed E-state index contributed by atoms with van der Waals surface area (Å²) in [6.45, 7) is 3.78. The second-order valence-electron chi connectivity index (χ2n) is 4.62. The highest BCUT2D eigenvalue weighted by Gasteiger charge is 2.30. The van der Waals surface area contributed by atoms with Gasteiger partial charge in [0.05, 0.1) is 6.04 Å². The van der Waals surface area contributed by atoms with E-state index >= 15 is 0 Å². The molecule has 0 amide bonds. The first-order valence-corrected chi connectivity index (χ1v) is 6.41. The van der Waals surface area contributed by atoms with Gasteiger partial charge in [0.15, 0.2) is 0 Å². The van der Waals surface area contributed by atoms with Gasteiger partial charge in [0.1, 0.15) is 23.1 Å². The zero-order valence-corrected chi connectivity index (χ0v) is 10.9. The summed E-state index contributed by atoms with van der Waals surface area (Å²) in [5.74, 6) is 2.14. The average molecular weight is 264 g/mol. The van der Waals surface area contributed by atoms with Crippen molar-refractivity contribution >= 4 is 29.5 Å². The fraction of sp³-hybridized carbons (Fsp3) is 0.500. The molecule has 3 rings (SSSR count). The molecule has 1 aromatic rings. The Morgan fingerprint density at radius 3 is 3.11 bits per heavy atom. The maximum Gasteiger partial charge on any atom is 0.134 e. The Balaban J connectivity index is 1.77. The third-order valence-electron chi connectivity index (χ3n) is 3.37. The van der Waals surface area contributed by atoms with Crippen LogP contribution in [0.3, 0.4) is 0 Å². The van der Waals surface area contributed by atoms with E-state index in [0.717, 1.165) is 31.2 Å². The van der Waals surface area contributed by atoms with Gasteiger partial charge in [-0.1, -0.05) is 11.6 Å². The molecular formula is C12H14ClN5. The Bertz CT molecular complexity index is 513. The predicted octanol–water partition coefficient (Wildman–Crippen LogP) is 1.83. The van der Waals surface area contributed by atoms with Crippen molar-refractivity contribution in [3.05, 3.63) is 17.5 Å². The van der Waals surface area contributed by atoms with Crippen LogP contribution in [-0.4, -0.2) is 41.1 Å². The summed E-state index contributed by atoms with van der Waals surface area (Å²) in [4.78, 5) is 19.3.